The summed E-state index contributed by atoms with van der Waals surface area (Å²) in [6, 6.07) is 9.44. The summed E-state index contributed by atoms with van der Waals surface area (Å²) >= 11 is 6.33. The molecule has 0 saturated heterocycles. The van der Waals surface area contributed by atoms with Gasteiger partial charge in [-0.25, -0.2) is 4.79 Å². The van der Waals surface area contributed by atoms with Gasteiger partial charge in [-0.2, -0.15) is 5.26 Å². The van der Waals surface area contributed by atoms with Crippen molar-refractivity contribution in [1.82, 2.24) is 14.5 Å². The zero-order valence-electron chi connectivity index (χ0n) is 12.5. The van der Waals surface area contributed by atoms with Crippen LogP contribution in [0.5, 0.6) is 0 Å². The number of H-pyrrole nitrogens is 2. The highest BCUT2D eigenvalue weighted by molar-refractivity contribution is 6.31. The molecule has 0 fully saturated rings. The number of hydrazine groups is 1. The summed E-state index contributed by atoms with van der Waals surface area (Å²) in [5.41, 5.74) is 8.86. The van der Waals surface area contributed by atoms with Gasteiger partial charge in [-0.15, -0.1) is 0 Å². The number of imidazole rings is 1. The van der Waals surface area contributed by atoms with Crippen molar-refractivity contribution < 1.29 is 0 Å². The summed E-state index contributed by atoms with van der Waals surface area (Å²) in [4.78, 5) is 18.3. The van der Waals surface area contributed by atoms with Crippen molar-refractivity contribution in [3.63, 3.8) is 0 Å². The fraction of sp³-hybridized carbons (Fsp3) is 0.125. The van der Waals surface area contributed by atoms with E-state index in [2.05, 4.69) is 26.9 Å². The lowest BCUT2D eigenvalue weighted by atomic mass is 10.1. The van der Waals surface area contributed by atoms with E-state index in [1.807, 2.05) is 18.2 Å². The fourth-order valence-electron chi connectivity index (χ4n) is 2.89. The van der Waals surface area contributed by atoms with Crippen LogP contribution in [0, 0.1) is 11.3 Å². The largest absolute Gasteiger partial charge is 0.347 e. The van der Waals surface area contributed by atoms with Crippen LogP contribution in [0.15, 0.2) is 35.3 Å². The highest BCUT2D eigenvalue weighted by Gasteiger charge is 2.24. The quantitative estimate of drug-likeness (QED) is 0.588. The smallest absolute Gasteiger partial charge is 0.332 e. The summed E-state index contributed by atoms with van der Waals surface area (Å²) in [7, 11) is 0. The first kappa shape index (κ1) is 14.5. The topological polar surface area (TPSA) is 101 Å². The molecule has 3 aromatic rings. The van der Waals surface area contributed by atoms with Gasteiger partial charge in [0, 0.05) is 23.2 Å². The Kier molecular flexibility index (Phi) is 3.32. The van der Waals surface area contributed by atoms with E-state index in [1.165, 1.54) is 0 Å². The van der Waals surface area contributed by atoms with E-state index in [9.17, 15) is 4.79 Å². The number of nitrogens with one attached hydrogen (secondary N) is 4. The van der Waals surface area contributed by atoms with Gasteiger partial charge in [0.15, 0.2) is 5.82 Å². The second-order valence-corrected chi connectivity index (χ2v) is 5.85. The Morgan fingerprint density at radius 3 is 2.83 bits per heavy atom. The van der Waals surface area contributed by atoms with Crippen molar-refractivity contribution in [2.24, 2.45) is 0 Å². The number of aryl methyl sites for hydroxylation is 1. The number of aromatic nitrogens is 3. The maximum absolute atomic E-state index is 12.5. The minimum Gasteiger partial charge on any atom is -0.347 e. The molecule has 7 nitrogen and oxygen atoms in total. The van der Waals surface area contributed by atoms with Crippen LogP contribution < -0.4 is 16.5 Å². The van der Waals surface area contributed by atoms with Crippen LogP contribution >= 0.6 is 11.6 Å². The number of nitrogens with zero attached hydrogens (tertiary/aromatic N) is 2. The van der Waals surface area contributed by atoms with Crippen molar-refractivity contribution in [1.29, 1.82) is 5.26 Å². The molecule has 1 aromatic carbocycles. The lowest BCUT2D eigenvalue weighted by molar-refractivity contribution is 0.979. The third-order valence-corrected chi connectivity index (χ3v) is 4.36. The van der Waals surface area contributed by atoms with E-state index < -0.39 is 0 Å². The van der Waals surface area contributed by atoms with E-state index in [0.29, 0.717) is 29.4 Å². The van der Waals surface area contributed by atoms with E-state index in [1.54, 1.807) is 16.8 Å². The molecule has 0 saturated carbocycles. The average molecular weight is 341 g/mol. The molecule has 4 rings (SSSR count). The SMILES string of the molecule is N#CCCc1ccc(-n2c3c([nH]c2=O)NNc2[nH]ccc2-3)cc1Cl. The predicted molar refractivity (Wildman–Crippen MR) is 92.4 cm³/mol. The second-order valence-electron chi connectivity index (χ2n) is 5.44. The fourth-order valence-corrected chi connectivity index (χ4v) is 3.16. The van der Waals surface area contributed by atoms with Crippen molar-refractivity contribution in [2.45, 2.75) is 12.8 Å². The average Bonchev–Trinajstić information content (AvgIpc) is 3.16. The lowest BCUT2D eigenvalue weighted by Crippen LogP contribution is -2.17. The predicted octanol–water partition coefficient (Wildman–Crippen LogP) is 3.02. The van der Waals surface area contributed by atoms with E-state index in [0.717, 1.165) is 22.6 Å². The summed E-state index contributed by atoms with van der Waals surface area (Å²) in [6.45, 7) is 0. The number of fused-ring (bicyclic) bond motifs is 3. The van der Waals surface area contributed by atoms with Gasteiger partial charge in [0.2, 0.25) is 0 Å². The van der Waals surface area contributed by atoms with Gasteiger partial charge in [0.05, 0.1) is 11.8 Å². The zero-order valence-corrected chi connectivity index (χ0v) is 13.2. The van der Waals surface area contributed by atoms with Gasteiger partial charge in [0.1, 0.15) is 11.5 Å². The molecule has 4 N–H and O–H groups in total. The molecule has 24 heavy (non-hydrogen) atoms. The first-order valence-corrected chi connectivity index (χ1v) is 7.77. The third-order valence-electron chi connectivity index (χ3n) is 4.01. The van der Waals surface area contributed by atoms with Crippen LogP contribution in [-0.4, -0.2) is 14.5 Å². The number of rotatable bonds is 3. The first-order valence-electron chi connectivity index (χ1n) is 7.39. The molecule has 0 radical (unpaired) electrons. The molecule has 1 aliphatic rings. The molecule has 0 unspecified atom stereocenters. The summed E-state index contributed by atoms with van der Waals surface area (Å²) in [5, 5.41) is 9.25. The Hall–Kier alpha value is -3.11. The van der Waals surface area contributed by atoms with Gasteiger partial charge in [-0.1, -0.05) is 17.7 Å². The maximum Gasteiger partial charge on any atom is 0.332 e. The normalized spacial score (nSPS) is 11.8. The minimum absolute atomic E-state index is 0.260. The van der Waals surface area contributed by atoms with Gasteiger partial charge >= 0.3 is 5.69 Å². The summed E-state index contributed by atoms with van der Waals surface area (Å²) < 4.78 is 1.58. The van der Waals surface area contributed by atoms with E-state index in [4.69, 9.17) is 16.9 Å². The molecule has 0 bridgehead atoms. The van der Waals surface area contributed by atoms with Crippen LogP contribution in [-0.2, 0) is 6.42 Å². The molecule has 8 heteroatoms. The number of halogens is 1. The van der Waals surface area contributed by atoms with Crippen molar-refractivity contribution in [3.05, 3.63) is 51.5 Å². The molecule has 0 aliphatic carbocycles. The van der Waals surface area contributed by atoms with Gasteiger partial charge < -0.3 is 4.98 Å². The number of hydrogen-bond donors (Lipinski definition) is 4. The second kappa shape index (κ2) is 5.51. The van der Waals surface area contributed by atoms with Crippen molar-refractivity contribution in [2.75, 3.05) is 10.9 Å². The van der Waals surface area contributed by atoms with Gasteiger partial charge in [0.25, 0.3) is 0 Å². The monoisotopic (exact) mass is 340 g/mol. The van der Waals surface area contributed by atoms with E-state index in [-0.39, 0.29) is 5.69 Å². The lowest BCUT2D eigenvalue weighted by Gasteiger charge is -2.18. The Morgan fingerprint density at radius 2 is 2.04 bits per heavy atom. The molecule has 2 aromatic heterocycles. The summed E-state index contributed by atoms with van der Waals surface area (Å²) in [5.74, 6) is 1.38. The third kappa shape index (κ3) is 2.16. The minimum atomic E-state index is -0.260. The molecule has 1 aliphatic heterocycles. The van der Waals surface area contributed by atoms with Crippen molar-refractivity contribution in [3.8, 4) is 23.0 Å². The van der Waals surface area contributed by atoms with Crippen LogP contribution in [0.4, 0.5) is 11.6 Å². The highest BCUT2D eigenvalue weighted by atomic mass is 35.5. The molecule has 3 heterocycles. The molecular weight excluding hydrogens is 328 g/mol. The number of anilines is 2. The van der Waals surface area contributed by atoms with Gasteiger partial charge in [-0.3, -0.25) is 20.4 Å². The molecule has 0 atom stereocenters. The molecule has 0 amide bonds. The number of nitriles is 1. The standard InChI is InChI=1S/C16H13ClN6O/c17-12-8-10(4-3-9(12)2-1-6-18)23-13-11-5-7-19-14(11)21-22-15(13)20-16(23)24/h3-5,7-8,19,21-22H,1-2H2,(H,20,24). The number of aromatic amines is 2. The Balaban J connectivity index is 1.85. The molecule has 0 spiro atoms. The van der Waals surface area contributed by atoms with Crippen LogP contribution in [0.25, 0.3) is 16.9 Å². The van der Waals surface area contributed by atoms with Gasteiger partial charge in [-0.05, 0) is 30.2 Å². The van der Waals surface area contributed by atoms with E-state index >= 15 is 0 Å². The Bertz CT molecular complexity index is 1020. The number of benzene rings is 1. The zero-order chi connectivity index (χ0) is 16.7. The highest BCUT2D eigenvalue weighted by Crippen LogP contribution is 2.36. The van der Waals surface area contributed by atoms with Crippen LogP contribution in [0.3, 0.4) is 0 Å². The van der Waals surface area contributed by atoms with Crippen molar-refractivity contribution >= 4 is 23.2 Å². The number of hydrogen-bond acceptors (Lipinski definition) is 4. The maximum atomic E-state index is 12.5. The Morgan fingerprint density at radius 1 is 1.21 bits per heavy atom. The van der Waals surface area contributed by atoms with Crippen LogP contribution in [0.1, 0.15) is 12.0 Å². The summed E-state index contributed by atoms with van der Waals surface area (Å²) in [6.07, 6.45) is 2.79. The first-order chi connectivity index (χ1) is 11.7. The molecule has 120 valence electrons. The Labute approximate surface area is 141 Å². The van der Waals surface area contributed by atoms with Crippen LogP contribution in [0.2, 0.25) is 5.02 Å². The molecular formula is C16H13ClN6O.